The molecule has 4 heteroatoms. The highest BCUT2D eigenvalue weighted by Gasteiger charge is 2.03. The molecule has 16 heavy (non-hydrogen) atoms. The fourth-order valence-electron chi connectivity index (χ4n) is 1.41. The smallest absolute Gasteiger partial charge is 0.335 e. The Morgan fingerprint density at radius 3 is 2.38 bits per heavy atom. The van der Waals surface area contributed by atoms with E-state index < -0.39 is 5.97 Å². The van der Waals surface area contributed by atoms with Crippen molar-refractivity contribution in [1.82, 2.24) is 0 Å². The number of hydrogen-bond acceptors (Lipinski definition) is 2. The van der Waals surface area contributed by atoms with Crippen molar-refractivity contribution in [2.45, 2.75) is 6.42 Å². The van der Waals surface area contributed by atoms with Gasteiger partial charge in [-0.05, 0) is 29.8 Å². The lowest BCUT2D eigenvalue weighted by molar-refractivity contribution is 0.0697. The van der Waals surface area contributed by atoms with Crippen LogP contribution in [0.2, 0.25) is 4.34 Å². The maximum atomic E-state index is 10.7. The van der Waals surface area contributed by atoms with Gasteiger partial charge >= 0.3 is 5.97 Å². The van der Waals surface area contributed by atoms with Gasteiger partial charge in [0, 0.05) is 11.3 Å². The lowest BCUT2D eigenvalue weighted by Gasteiger charge is -1.99. The predicted molar refractivity (Wildman–Crippen MR) is 65.5 cm³/mol. The van der Waals surface area contributed by atoms with Crippen molar-refractivity contribution >= 4 is 28.9 Å². The second-order valence-electron chi connectivity index (χ2n) is 3.38. The van der Waals surface area contributed by atoms with E-state index in [1.807, 2.05) is 24.3 Å². The lowest BCUT2D eigenvalue weighted by Crippen LogP contribution is -1.95. The summed E-state index contributed by atoms with van der Waals surface area (Å²) in [5, 5.41) is 8.75. The van der Waals surface area contributed by atoms with Crippen LogP contribution in [0.25, 0.3) is 0 Å². The molecule has 0 bridgehead atoms. The van der Waals surface area contributed by atoms with Crippen LogP contribution in [0.1, 0.15) is 20.8 Å². The van der Waals surface area contributed by atoms with E-state index in [0.29, 0.717) is 5.56 Å². The number of carbonyl (C=O) groups is 1. The van der Waals surface area contributed by atoms with Crippen LogP contribution in [0.5, 0.6) is 0 Å². The van der Waals surface area contributed by atoms with Crippen molar-refractivity contribution in [2.24, 2.45) is 0 Å². The van der Waals surface area contributed by atoms with Gasteiger partial charge in [-0.2, -0.15) is 0 Å². The molecule has 2 nitrogen and oxygen atoms in total. The monoisotopic (exact) mass is 252 g/mol. The summed E-state index contributed by atoms with van der Waals surface area (Å²) in [6.45, 7) is 0. The van der Waals surface area contributed by atoms with Gasteiger partial charge in [-0.3, -0.25) is 0 Å². The summed E-state index contributed by atoms with van der Waals surface area (Å²) >= 11 is 7.38. The minimum atomic E-state index is -0.897. The van der Waals surface area contributed by atoms with Gasteiger partial charge in [0.05, 0.1) is 9.90 Å². The Hall–Kier alpha value is -1.32. The maximum absolute atomic E-state index is 10.7. The van der Waals surface area contributed by atoms with Crippen LogP contribution in [0, 0.1) is 0 Å². The molecule has 1 N–H and O–H groups in total. The minimum absolute atomic E-state index is 0.313. The van der Waals surface area contributed by atoms with Crippen LogP contribution in [-0.4, -0.2) is 11.1 Å². The molecule has 82 valence electrons. The van der Waals surface area contributed by atoms with Gasteiger partial charge in [0.15, 0.2) is 0 Å². The van der Waals surface area contributed by atoms with Crippen LogP contribution < -0.4 is 0 Å². The molecule has 0 radical (unpaired) electrons. The van der Waals surface area contributed by atoms with Gasteiger partial charge in [0.2, 0.25) is 0 Å². The van der Waals surface area contributed by atoms with Gasteiger partial charge in [0.1, 0.15) is 0 Å². The first-order valence-electron chi connectivity index (χ1n) is 4.71. The summed E-state index contributed by atoms with van der Waals surface area (Å²) < 4.78 is 0.775. The third kappa shape index (κ3) is 2.62. The molecular weight excluding hydrogens is 244 g/mol. The zero-order chi connectivity index (χ0) is 11.5. The third-order valence-corrected chi connectivity index (χ3v) is 3.44. The molecule has 1 aromatic heterocycles. The van der Waals surface area contributed by atoms with Crippen molar-refractivity contribution in [3.63, 3.8) is 0 Å². The Morgan fingerprint density at radius 1 is 1.19 bits per heavy atom. The summed E-state index contributed by atoms with van der Waals surface area (Å²) in [6.07, 6.45) is 0.789. The number of benzene rings is 1. The molecule has 0 amide bonds. The van der Waals surface area contributed by atoms with E-state index in [9.17, 15) is 4.79 Å². The molecule has 1 heterocycles. The molecule has 0 aliphatic heterocycles. The number of carboxylic acids is 1. The molecule has 1 aromatic carbocycles. The highest BCUT2D eigenvalue weighted by molar-refractivity contribution is 7.16. The Kier molecular flexibility index (Phi) is 3.27. The molecule has 0 aliphatic carbocycles. The summed E-state index contributed by atoms with van der Waals surface area (Å²) in [6, 6.07) is 10.7. The SMILES string of the molecule is O=C(O)c1ccc(Cc2ccc(Cl)s2)cc1. The lowest BCUT2D eigenvalue weighted by atomic mass is 10.1. The topological polar surface area (TPSA) is 37.3 Å². The first kappa shape index (κ1) is 11.2. The number of carboxylic acid groups (broad SMARTS) is 1. The van der Waals surface area contributed by atoms with Gasteiger partial charge in [-0.15, -0.1) is 11.3 Å². The number of aromatic carboxylic acids is 1. The number of hydrogen-bond donors (Lipinski definition) is 1. The normalized spacial score (nSPS) is 10.3. The number of thiophene rings is 1. The predicted octanol–water partition coefficient (Wildman–Crippen LogP) is 3.69. The molecule has 2 aromatic rings. The quantitative estimate of drug-likeness (QED) is 0.905. The molecule has 0 spiro atoms. The van der Waals surface area contributed by atoms with Crippen LogP contribution in [0.15, 0.2) is 36.4 Å². The summed E-state index contributed by atoms with van der Waals surface area (Å²) in [7, 11) is 0. The first-order valence-corrected chi connectivity index (χ1v) is 5.91. The average molecular weight is 253 g/mol. The van der Waals surface area contributed by atoms with E-state index in [0.717, 1.165) is 16.3 Å². The number of halogens is 1. The first-order chi connectivity index (χ1) is 7.65. The Bertz CT molecular complexity index is 502. The van der Waals surface area contributed by atoms with Crippen LogP contribution in [-0.2, 0) is 6.42 Å². The third-order valence-electron chi connectivity index (χ3n) is 2.21. The summed E-state index contributed by atoms with van der Waals surface area (Å²) in [5.74, 6) is -0.897. The van der Waals surface area contributed by atoms with E-state index in [1.165, 1.54) is 4.88 Å². The highest BCUT2D eigenvalue weighted by atomic mass is 35.5. The largest absolute Gasteiger partial charge is 0.478 e. The number of rotatable bonds is 3. The van der Waals surface area contributed by atoms with Crippen LogP contribution >= 0.6 is 22.9 Å². The average Bonchev–Trinajstić information content (AvgIpc) is 2.65. The minimum Gasteiger partial charge on any atom is -0.478 e. The Morgan fingerprint density at radius 2 is 1.88 bits per heavy atom. The maximum Gasteiger partial charge on any atom is 0.335 e. The molecule has 0 atom stereocenters. The van der Waals surface area contributed by atoms with E-state index in [4.69, 9.17) is 16.7 Å². The van der Waals surface area contributed by atoms with Crippen molar-refractivity contribution in [1.29, 1.82) is 0 Å². The fraction of sp³-hybridized carbons (Fsp3) is 0.0833. The van der Waals surface area contributed by atoms with Crippen LogP contribution in [0.4, 0.5) is 0 Å². The second kappa shape index (κ2) is 4.68. The van der Waals surface area contributed by atoms with E-state index in [-0.39, 0.29) is 0 Å². The Labute approximate surface area is 102 Å². The van der Waals surface area contributed by atoms with Gasteiger partial charge < -0.3 is 5.11 Å². The molecule has 0 saturated carbocycles. The Balaban J connectivity index is 2.14. The van der Waals surface area contributed by atoms with Gasteiger partial charge in [0.25, 0.3) is 0 Å². The van der Waals surface area contributed by atoms with Crippen molar-refractivity contribution in [3.05, 3.63) is 56.7 Å². The van der Waals surface area contributed by atoms with Crippen molar-refractivity contribution in [3.8, 4) is 0 Å². The molecular formula is C12H9ClO2S. The zero-order valence-corrected chi connectivity index (χ0v) is 9.89. The zero-order valence-electron chi connectivity index (χ0n) is 8.31. The van der Waals surface area contributed by atoms with Crippen molar-refractivity contribution < 1.29 is 9.90 Å². The highest BCUT2D eigenvalue weighted by Crippen LogP contribution is 2.23. The van der Waals surface area contributed by atoms with E-state index in [1.54, 1.807) is 23.5 Å². The van der Waals surface area contributed by atoms with E-state index >= 15 is 0 Å². The van der Waals surface area contributed by atoms with Crippen molar-refractivity contribution in [2.75, 3.05) is 0 Å². The van der Waals surface area contributed by atoms with Gasteiger partial charge in [-0.25, -0.2) is 4.79 Å². The molecule has 2 rings (SSSR count). The molecule has 0 unspecified atom stereocenters. The second-order valence-corrected chi connectivity index (χ2v) is 5.18. The molecule has 0 saturated heterocycles. The van der Waals surface area contributed by atoms with Gasteiger partial charge in [-0.1, -0.05) is 23.7 Å². The van der Waals surface area contributed by atoms with E-state index in [2.05, 4.69) is 0 Å². The molecule has 0 aliphatic rings. The summed E-state index contributed by atoms with van der Waals surface area (Å²) in [5.41, 5.74) is 1.40. The standard InChI is InChI=1S/C12H9ClO2S/c13-11-6-5-10(16-11)7-8-1-3-9(4-2-8)12(14)15/h1-6H,7H2,(H,14,15). The molecule has 0 fully saturated rings. The summed E-state index contributed by atoms with van der Waals surface area (Å²) in [4.78, 5) is 11.8. The fourth-order valence-corrected chi connectivity index (χ4v) is 2.53. The van der Waals surface area contributed by atoms with Crippen LogP contribution in [0.3, 0.4) is 0 Å².